The zero-order valence-electron chi connectivity index (χ0n) is 6.54. The van der Waals surface area contributed by atoms with Gasteiger partial charge in [0.1, 0.15) is 0 Å². The minimum Gasteiger partial charge on any atom is -0.323 e. The molecule has 0 bridgehead atoms. The lowest BCUT2D eigenvalue weighted by molar-refractivity contribution is 1.11. The fourth-order valence-electron chi connectivity index (χ4n) is 1.22. The number of fused-ring (bicyclic) bond motifs is 1. The fourth-order valence-corrected chi connectivity index (χ4v) is 1.22. The van der Waals surface area contributed by atoms with E-state index in [1.807, 2.05) is 18.3 Å². The van der Waals surface area contributed by atoms with E-state index >= 15 is 0 Å². The number of aryl methyl sites for hydroxylation is 1. The van der Waals surface area contributed by atoms with E-state index in [0.717, 1.165) is 11.9 Å². The normalized spacial score (nSPS) is 10.6. The molecule has 55 valence electrons. The maximum Gasteiger partial charge on any atom is 0.0532 e. The van der Waals surface area contributed by atoms with Crippen LogP contribution in [0.4, 0.5) is 0 Å². The first kappa shape index (κ1) is 6.47. The number of hydrogen-bond acceptors (Lipinski definition) is 0. The Morgan fingerprint density at radius 3 is 3.09 bits per heavy atom. The van der Waals surface area contributed by atoms with Crippen LogP contribution in [0.5, 0.6) is 0 Å². The van der Waals surface area contributed by atoms with Gasteiger partial charge in [0.15, 0.2) is 0 Å². The first-order valence-electron chi connectivity index (χ1n) is 3.88. The third-order valence-corrected chi connectivity index (χ3v) is 1.85. The summed E-state index contributed by atoms with van der Waals surface area (Å²) in [5.41, 5.74) is 2.43. The van der Waals surface area contributed by atoms with Gasteiger partial charge in [-0.2, -0.15) is 0 Å². The second-order valence-corrected chi connectivity index (χ2v) is 2.63. The third kappa shape index (κ3) is 1.03. The Morgan fingerprint density at radius 1 is 1.45 bits per heavy atom. The average Bonchev–Trinajstić information content (AvgIpc) is 2.46. The van der Waals surface area contributed by atoms with Crippen LogP contribution >= 0.6 is 0 Å². The molecule has 2 heterocycles. The maximum atomic E-state index is 3.31. The lowest BCUT2D eigenvalue weighted by Crippen LogP contribution is -1.76. The molecular formula is C10H10N. The molecular weight excluding hydrogens is 134 g/mol. The van der Waals surface area contributed by atoms with Gasteiger partial charge < -0.3 is 4.40 Å². The number of aromatic nitrogens is 1. The van der Waals surface area contributed by atoms with Crippen molar-refractivity contribution in [1.29, 1.82) is 0 Å². The van der Waals surface area contributed by atoms with Crippen molar-refractivity contribution < 1.29 is 0 Å². The molecule has 1 nitrogen and oxygen atoms in total. The van der Waals surface area contributed by atoms with Crippen LogP contribution in [-0.4, -0.2) is 4.40 Å². The van der Waals surface area contributed by atoms with E-state index in [-0.39, 0.29) is 0 Å². The van der Waals surface area contributed by atoms with Crippen molar-refractivity contribution in [1.82, 2.24) is 4.40 Å². The zero-order chi connectivity index (χ0) is 7.68. The van der Waals surface area contributed by atoms with Gasteiger partial charge in [0, 0.05) is 18.5 Å². The highest BCUT2D eigenvalue weighted by molar-refractivity contribution is 5.48. The highest BCUT2D eigenvalue weighted by atomic mass is 14.8. The molecule has 11 heavy (non-hydrogen) atoms. The van der Waals surface area contributed by atoms with Crippen molar-refractivity contribution in [2.45, 2.75) is 13.3 Å². The third-order valence-electron chi connectivity index (χ3n) is 1.85. The summed E-state index contributed by atoms with van der Waals surface area (Å²) in [5.74, 6) is 0. The molecule has 0 unspecified atom stereocenters. The minimum atomic E-state index is 1.06. The Kier molecular flexibility index (Phi) is 1.42. The van der Waals surface area contributed by atoms with E-state index in [4.69, 9.17) is 0 Å². The molecule has 0 amide bonds. The number of pyridine rings is 1. The standard InChI is InChI=1S/C10H10N/c1-2-9-7-10-5-3-4-6-11(10)8-9/h3-6,8H,2H2,1H3. The first-order chi connectivity index (χ1) is 5.40. The summed E-state index contributed by atoms with van der Waals surface area (Å²) in [6, 6.07) is 9.44. The Bertz CT molecular complexity index is 327. The Hall–Kier alpha value is -1.24. The predicted molar refractivity (Wildman–Crippen MR) is 45.6 cm³/mol. The summed E-state index contributed by atoms with van der Waals surface area (Å²) < 4.78 is 2.10. The van der Waals surface area contributed by atoms with Crippen molar-refractivity contribution in [3.05, 3.63) is 42.2 Å². The SMILES string of the molecule is CCc1[c]c2ccccn2c1. The highest BCUT2D eigenvalue weighted by Gasteiger charge is 1.94. The van der Waals surface area contributed by atoms with E-state index in [9.17, 15) is 0 Å². The molecule has 0 aliphatic carbocycles. The lowest BCUT2D eigenvalue weighted by Gasteiger charge is -1.88. The van der Waals surface area contributed by atoms with E-state index in [2.05, 4.69) is 29.7 Å². The van der Waals surface area contributed by atoms with E-state index in [1.165, 1.54) is 5.56 Å². The molecule has 0 spiro atoms. The average molecular weight is 144 g/mol. The summed E-state index contributed by atoms with van der Waals surface area (Å²) in [4.78, 5) is 0. The lowest BCUT2D eigenvalue weighted by atomic mass is 10.2. The molecule has 2 aromatic heterocycles. The van der Waals surface area contributed by atoms with Crippen molar-refractivity contribution in [2.24, 2.45) is 0 Å². The molecule has 1 radical (unpaired) electrons. The molecule has 0 N–H and O–H groups in total. The van der Waals surface area contributed by atoms with Gasteiger partial charge >= 0.3 is 0 Å². The molecule has 2 rings (SSSR count). The molecule has 1 heteroatoms. The van der Waals surface area contributed by atoms with Crippen LogP contribution in [-0.2, 0) is 6.42 Å². The van der Waals surface area contributed by atoms with Crippen molar-refractivity contribution in [3.63, 3.8) is 0 Å². The van der Waals surface area contributed by atoms with Crippen molar-refractivity contribution >= 4 is 5.52 Å². The molecule has 0 saturated carbocycles. The van der Waals surface area contributed by atoms with Gasteiger partial charge in [-0.25, -0.2) is 0 Å². The van der Waals surface area contributed by atoms with Gasteiger partial charge in [-0.3, -0.25) is 0 Å². The molecule has 0 fully saturated rings. The van der Waals surface area contributed by atoms with E-state index in [1.54, 1.807) is 0 Å². The number of nitrogens with zero attached hydrogens (tertiary/aromatic N) is 1. The van der Waals surface area contributed by atoms with Crippen LogP contribution < -0.4 is 0 Å². The molecule has 0 aliphatic heterocycles. The summed E-state index contributed by atoms with van der Waals surface area (Å²) in [6.45, 7) is 2.14. The minimum absolute atomic E-state index is 1.06. The first-order valence-corrected chi connectivity index (χ1v) is 3.88. The Balaban J connectivity index is 2.69. The van der Waals surface area contributed by atoms with Crippen molar-refractivity contribution in [2.75, 3.05) is 0 Å². The monoisotopic (exact) mass is 144 g/mol. The molecule has 0 saturated heterocycles. The van der Waals surface area contributed by atoms with Gasteiger partial charge in [0.2, 0.25) is 0 Å². The summed E-state index contributed by atoms with van der Waals surface area (Å²) in [7, 11) is 0. The summed E-state index contributed by atoms with van der Waals surface area (Å²) >= 11 is 0. The van der Waals surface area contributed by atoms with E-state index in [0.29, 0.717) is 0 Å². The van der Waals surface area contributed by atoms with Crippen LogP contribution in [0.15, 0.2) is 30.6 Å². The van der Waals surface area contributed by atoms with Crippen LogP contribution in [0.25, 0.3) is 5.52 Å². The zero-order valence-corrected chi connectivity index (χ0v) is 6.54. The van der Waals surface area contributed by atoms with Gasteiger partial charge in [-0.1, -0.05) is 13.0 Å². The van der Waals surface area contributed by atoms with Gasteiger partial charge in [0.25, 0.3) is 0 Å². The largest absolute Gasteiger partial charge is 0.323 e. The summed E-state index contributed by atoms with van der Waals surface area (Å²) in [5, 5.41) is 0. The highest BCUT2D eigenvalue weighted by Crippen LogP contribution is 2.08. The quantitative estimate of drug-likeness (QED) is 0.578. The maximum absolute atomic E-state index is 3.31. The predicted octanol–water partition coefficient (Wildman–Crippen LogP) is 2.30. The van der Waals surface area contributed by atoms with Gasteiger partial charge in [-0.05, 0) is 24.1 Å². The smallest absolute Gasteiger partial charge is 0.0532 e. The topological polar surface area (TPSA) is 4.41 Å². The molecule has 0 aliphatic rings. The molecule has 0 aromatic carbocycles. The molecule has 2 aromatic rings. The Morgan fingerprint density at radius 2 is 2.36 bits per heavy atom. The Labute approximate surface area is 66.3 Å². The van der Waals surface area contributed by atoms with Gasteiger partial charge in [0.05, 0.1) is 5.52 Å². The number of hydrogen-bond donors (Lipinski definition) is 0. The van der Waals surface area contributed by atoms with Crippen LogP contribution in [0.3, 0.4) is 0 Å². The molecule has 0 atom stereocenters. The van der Waals surface area contributed by atoms with Crippen molar-refractivity contribution in [3.8, 4) is 0 Å². The van der Waals surface area contributed by atoms with Crippen LogP contribution in [0, 0.1) is 6.07 Å². The summed E-state index contributed by atoms with van der Waals surface area (Å²) in [6.07, 6.45) is 5.22. The number of rotatable bonds is 1. The second kappa shape index (κ2) is 2.42. The van der Waals surface area contributed by atoms with E-state index < -0.39 is 0 Å². The van der Waals surface area contributed by atoms with Gasteiger partial charge in [-0.15, -0.1) is 0 Å². The van der Waals surface area contributed by atoms with Crippen LogP contribution in [0.2, 0.25) is 0 Å². The fraction of sp³-hybridized carbons (Fsp3) is 0.200. The van der Waals surface area contributed by atoms with Crippen LogP contribution in [0.1, 0.15) is 12.5 Å². The second-order valence-electron chi connectivity index (χ2n) is 2.63.